The molecule has 16 heavy (non-hydrogen) atoms. The number of ether oxygens (including phenoxy) is 1. The fourth-order valence-corrected chi connectivity index (χ4v) is 1.43. The number of hydrogen-bond donors (Lipinski definition) is 3. The third-order valence-electron chi connectivity index (χ3n) is 2.34. The zero-order valence-electron chi connectivity index (χ0n) is 8.96. The molecule has 1 aromatic rings. The minimum absolute atomic E-state index is 0.223. The molecule has 5 nitrogen and oxygen atoms in total. The highest BCUT2D eigenvalue weighted by Gasteiger charge is 2.27. The lowest BCUT2D eigenvalue weighted by atomic mass is 9.99. The van der Waals surface area contributed by atoms with E-state index in [1.807, 2.05) is 0 Å². The van der Waals surface area contributed by atoms with Crippen molar-refractivity contribution < 1.29 is 19.7 Å². The van der Waals surface area contributed by atoms with E-state index in [0.717, 1.165) is 7.11 Å². The predicted octanol–water partition coefficient (Wildman–Crippen LogP) is -0.287. The van der Waals surface area contributed by atoms with Crippen LogP contribution in [0.25, 0.3) is 0 Å². The van der Waals surface area contributed by atoms with E-state index >= 15 is 0 Å². The molecule has 0 spiro atoms. The summed E-state index contributed by atoms with van der Waals surface area (Å²) in [6.45, 7) is 0.223. The summed E-state index contributed by atoms with van der Waals surface area (Å²) in [5.41, 5.74) is 6.60. The van der Waals surface area contributed by atoms with Gasteiger partial charge in [-0.25, -0.2) is 4.79 Å². The summed E-state index contributed by atoms with van der Waals surface area (Å²) < 4.78 is 4.35. The SMILES string of the molecule is COC(=O)[C@H](O)[C@@H](O)c1ccccc1CN. The third-order valence-corrected chi connectivity index (χ3v) is 2.34. The van der Waals surface area contributed by atoms with E-state index in [1.54, 1.807) is 24.3 Å². The van der Waals surface area contributed by atoms with Gasteiger partial charge in [-0.1, -0.05) is 24.3 Å². The van der Waals surface area contributed by atoms with Gasteiger partial charge in [0.2, 0.25) is 0 Å². The van der Waals surface area contributed by atoms with Crippen LogP contribution < -0.4 is 5.73 Å². The molecule has 1 rings (SSSR count). The largest absolute Gasteiger partial charge is 0.467 e. The van der Waals surface area contributed by atoms with Crippen LogP contribution >= 0.6 is 0 Å². The first-order chi connectivity index (χ1) is 7.61. The highest BCUT2D eigenvalue weighted by molar-refractivity contribution is 5.75. The van der Waals surface area contributed by atoms with Gasteiger partial charge in [-0.2, -0.15) is 0 Å². The quantitative estimate of drug-likeness (QED) is 0.612. The first kappa shape index (κ1) is 12.6. The van der Waals surface area contributed by atoms with Crippen LogP contribution in [0.5, 0.6) is 0 Å². The second-order valence-electron chi connectivity index (χ2n) is 3.32. The van der Waals surface area contributed by atoms with E-state index < -0.39 is 18.2 Å². The Balaban J connectivity index is 2.95. The fourth-order valence-electron chi connectivity index (χ4n) is 1.43. The minimum atomic E-state index is -1.60. The monoisotopic (exact) mass is 225 g/mol. The highest BCUT2D eigenvalue weighted by Crippen LogP contribution is 2.21. The van der Waals surface area contributed by atoms with Crippen molar-refractivity contribution in [3.05, 3.63) is 35.4 Å². The van der Waals surface area contributed by atoms with Crippen molar-refractivity contribution in [3.8, 4) is 0 Å². The van der Waals surface area contributed by atoms with Gasteiger partial charge in [-0.05, 0) is 11.1 Å². The van der Waals surface area contributed by atoms with E-state index in [2.05, 4.69) is 4.74 Å². The number of carbonyl (C=O) groups is 1. The van der Waals surface area contributed by atoms with Crippen molar-refractivity contribution in [1.82, 2.24) is 0 Å². The zero-order chi connectivity index (χ0) is 12.1. The van der Waals surface area contributed by atoms with Crippen molar-refractivity contribution in [2.24, 2.45) is 5.73 Å². The lowest BCUT2D eigenvalue weighted by Gasteiger charge is -2.18. The van der Waals surface area contributed by atoms with Gasteiger partial charge in [0.15, 0.2) is 6.10 Å². The van der Waals surface area contributed by atoms with Crippen LogP contribution in [0.2, 0.25) is 0 Å². The van der Waals surface area contributed by atoms with Gasteiger partial charge in [0.25, 0.3) is 0 Å². The van der Waals surface area contributed by atoms with Crippen molar-refractivity contribution in [2.45, 2.75) is 18.8 Å². The summed E-state index contributed by atoms with van der Waals surface area (Å²) in [6.07, 6.45) is -2.93. The van der Waals surface area contributed by atoms with Crippen molar-refractivity contribution in [3.63, 3.8) is 0 Å². The Morgan fingerprint density at radius 2 is 2.06 bits per heavy atom. The molecule has 5 heteroatoms. The van der Waals surface area contributed by atoms with E-state index in [0.29, 0.717) is 11.1 Å². The molecule has 0 radical (unpaired) electrons. The van der Waals surface area contributed by atoms with Crippen LogP contribution in [-0.2, 0) is 16.1 Å². The Hall–Kier alpha value is -1.43. The first-order valence-electron chi connectivity index (χ1n) is 4.83. The maximum atomic E-state index is 11.1. The normalized spacial score (nSPS) is 14.2. The lowest BCUT2D eigenvalue weighted by molar-refractivity contribution is -0.156. The molecular formula is C11H15NO4. The minimum Gasteiger partial charge on any atom is -0.467 e. The standard InChI is InChI=1S/C11H15NO4/c1-16-11(15)10(14)9(13)8-5-3-2-4-7(8)6-12/h2-5,9-10,13-14H,6,12H2,1H3/t9-,10+/m0/s1. The molecule has 88 valence electrons. The topological polar surface area (TPSA) is 92.8 Å². The van der Waals surface area contributed by atoms with Gasteiger partial charge in [0.05, 0.1) is 7.11 Å². The van der Waals surface area contributed by atoms with E-state index in [4.69, 9.17) is 5.73 Å². The predicted molar refractivity (Wildman–Crippen MR) is 57.3 cm³/mol. The van der Waals surface area contributed by atoms with Gasteiger partial charge in [-0.15, -0.1) is 0 Å². The average molecular weight is 225 g/mol. The molecule has 0 fully saturated rings. The summed E-state index contributed by atoms with van der Waals surface area (Å²) in [5.74, 6) is -0.876. The molecule has 0 heterocycles. The highest BCUT2D eigenvalue weighted by atomic mass is 16.5. The van der Waals surface area contributed by atoms with Gasteiger partial charge in [0, 0.05) is 6.54 Å². The van der Waals surface area contributed by atoms with Gasteiger partial charge in [-0.3, -0.25) is 0 Å². The van der Waals surface area contributed by atoms with Crippen molar-refractivity contribution in [1.29, 1.82) is 0 Å². The Bertz CT molecular complexity index is 367. The Morgan fingerprint density at radius 1 is 1.44 bits per heavy atom. The molecule has 0 amide bonds. The molecule has 0 aliphatic heterocycles. The van der Waals surface area contributed by atoms with Crippen molar-refractivity contribution in [2.75, 3.05) is 7.11 Å². The number of hydrogen-bond acceptors (Lipinski definition) is 5. The second kappa shape index (κ2) is 5.60. The van der Waals surface area contributed by atoms with Gasteiger partial charge >= 0.3 is 5.97 Å². The summed E-state index contributed by atoms with van der Waals surface area (Å²) in [4.78, 5) is 11.1. The Kier molecular flexibility index (Phi) is 4.42. The van der Waals surface area contributed by atoms with Crippen LogP contribution in [0.15, 0.2) is 24.3 Å². The van der Waals surface area contributed by atoms with Crippen LogP contribution in [0, 0.1) is 0 Å². The number of benzene rings is 1. The number of carbonyl (C=O) groups excluding carboxylic acids is 1. The molecule has 1 aromatic carbocycles. The molecule has 0 aliphatic rings. The van der Waals surface area contributed by atoms with Crippen LogP contribution in [0.3, 0.4) is 0 Å². The Morgan fingerprint density at radius 3 is 2.62 bits per heavy atom. The zero-order valence-corrected chi connectivity index (χ0v) is 8.96. The first-order valence-corrected chi connectivity index (χ1v) is 4.83. The van der Waals surface area contributed by atoms with E-state index in [-0.39, 0.29) is 6.54 Å². The maximum Gasteiger partial charge on any atom is 0.337 e. The molecule has 0 aliphatic carbocycles. The number of esters is 1. The van der Waals surface area contributed by atoms with Crippen LogP contribution in [0.1, 0.15) is 17.2 Å². The summed E-state index contributed by atoms with van der Waals surface area (Å²) in [6, 6.07) is 6.80. The maximum absolute atomic E-state index is 11.1. The molecule has 0 saturated heterocycles. The molecule has 2 atom stereocenters. The molecule has 0 saturated carbocycles. The smallest absolute Gasteiger partial charge is 0.337 e. The average Bonchev–Trinajstić information content (AvgIpc) is 2.35. The third kappa shape index (κ3) is 2.57. The van der Waals surface area contributed by atoms with Crippen LogP contribution in [0.4, 0.5) is 0 Å². The van der Waals surface area contributed by atoms with Crippen molar-refractivity contribution >= 4 is 5.97 Å². The number of methoxy groups -OCH3 is 1. The van der Waals surface area contributed by atoms with E-state index in [1.165, 1.54) is 0 Å². The molecule has 0 aromatic heterocycles. The molecule has 0 unspecified atom stereocenters. The summed E-state index contributed by atoms with van der Waals surface area (Å²) in [7, 11) is 1.15. The number of aliphatic hydroxyl groups is 2. The van der Waals surface area contributed by atoms with Gasteiger partial charge < -0.3 is 20.7 Å². The summed E-state index contributed by atoms with van der Waals surface area (Å²) >= 11 is 0. The van der Waals surface area contributed by atoms with E-state index in [9.17, 15) is 15.0 Å². The second-order valence-corrected chi connectivity index (χ2v) is 3.32. The molecular weight excluding hydrogens is 210 g/mol. The fraction of sp³-hybridized carbons (Fsp3) is 0.364. The molecule has 4 N–H and O–H groups in total. The lowest BCUT2D eigenvalue weighted by Crippen LogP contribution is -2.29. The van der Waals surface area contributed by atoms with Crippen LogP contribution in [-0.4, -0.2) is 29.4 Å². The Labute approximate surface area is 93.5 Å². The van der Waals surface area contributed by atoms with Gasteiger partial charge in [0.1, 0.15) is 6.10 Å². The number of aliphatic hydroxyl groups excluding tert-OH is 2. The number of nitrogens with two attached hydrogens (primary N) is 1. The summed E-state index contributed by atoms with van der Waals surface area (Å²) in [5, 5.41) is 19.3. The number of rotatable bonds is 4. The molecule has 0 bridgehead atoms.